The van der Waals surface area contributed by atoms with Gasteiger partial charge in [0.25, 0.3) is 0 Å². The van der Waals surface area contributed by atoms with Gasteiger partial charge in [0.2, 0.25) is 0 Å². The molecule has 1 saturated heterocycles. The van der Waals surface area contributed by atoms with Gasteiger partial charge in [0.05, 0.1) is 0 Å². The van der Waals surface area contributed by atoms with E-state index in [0.29, 0.717) is 12.3 Å². The Bertz CT molecular complexity index is 546. The standard InChI is InChI=1S/C14H22N2O2S2/c1-15-9-12-5-3-4-6-13(12)10-16-7-8-19-11-14(16)20(2,17)18/h3-6,14-15H,7-11H2,1-2H3. The molecule has 0 aromatic heterocycles. The van der Waals surface area contributed by atoms with E-state index < -0.39 is 9.84 Å². The summed E-state index contributed by atoms with van der Waals surface area (Å²) < 4.78 is 23.9. The number of thioether (sulfide) groups is 1. The van der Waals surface area contributed by atoms with Crippen LogP contribution in [0.25, 0.3) is 0 Å². The van der Waals surface area contributed by atoms with E-state index in [9.17, 15) is 8.42 Å². The van der Waals surface area contributed by atoms with E-state index in [0.717, 1.165) is 18.8 Å². The Morgan fingerprint density at radius 1 is 1.35 bits per heavy atom. The fourth-order valence-corrected chi connectivity index (χ4v) is 5.43. The first kappa shape index (κ1) is 15.8. The van der Waals surface area contributed by atoms with Crippen molar-refractivity contribution in [1.29, 1.82) is 0 Å². The van der Waals surface area contributed by atoms with Gasteiger partial charge < -0.3 is 5.32 Å². The molecule has 6 heteroatoms. The molecule has 112 valence electrons. The van der Waals surface area contributed by atoms with Crippen molar-refractivity contribution in [1.82, 2.24) is 10.2 Å². The van der Waals surface area contributed by atoms with E-state index in [2.05, 4.69) is 22.3 Å². The summed E-state index contributed by atoms with van der Waals surface area (Å²) in [5.74, 6) is 1.67. The summed E-state index contributed by atoms with van der Waals surface area (Å²) in [6, 6.07) is 8.23. The van der Waals surface area contributed by atoms with Crippen LogP contribution in [-0.4, -0.2) is 50.0 Å². The number of sulfone groups is 1. The van der Waals surface area contributed by atoms with Crippen LogP contribution in [0.1, 0.15) is 11.1 Å². The molecule has 0 radical (unpaired) electrons. The maximum absolute atomic E-state index is 11.9. The average molecular weight is 314 g/mol. The van der Waals surface area contributed by atoms with Gasteiger partial charge in [-0.1, -0.05) is 24.3 Å². The second kappa shape index (κ2) is 6.93. The lowest BCUT2D eigenvalue weighted by molar-refractivity contribution is 0.261. The van der Waals surface area contributed by atoms with Crippen LogP contribution in [-0.2, 0) is 22.9 Å². The van der Waals surface area contributed by atoms with E-state index >= 15 is 0 Å². The molecule has 0 spiro atoms. The largest absolute Gasteiger partial charge is 0.316 e. The molecule has 4 nitrogen and oxygen atoms in total. The molecule has 1 fully saturated rings. The Labute approximate surface area is 125 Å². The molecular weight excluding hydrogens is 292 g/mol. The molecule has 1 aromatic carbocycles. The lowest BCUT2D eigenvalue weighted by atomic mass is 10.1. The third-order valence-corrected chi connectivity index (χ3v) is 6.23. The van der Waals surface area contributed by atoms with Crippen molar-refractivity contribution < 1.29 is 8.42 Å². The van der Waals surface area contributed by atoms with Gasteiger partial charge in [0.1, 0.15) is 5.37 Å². The van der Waals surface area contributed by atoms with Gasteiger partial charge in [-0.15, -0.1) is 0 Å². The Hall–Kier alpha value is -0.560. The second-order valence-corrected chi connectivity index (χ2v) is 8.48. The highest BCUT2D eigenvalue weighted by molar-refractivity contribution is 8.00. The van der Waals surface area contributed by atoms with Crippen LogP contribution < -0.4 is 5.32 Å². The minimum atomic E-state index is -3.03. The molecule has 0 amide bonds. The number of hydrogen-bond donors (Lipinski definition) is 1. The van der Waals surface area contributed by atoms with E-state index in [1.807, 2.05) is 19.2 Å². The van der Waals surface area contributed by atoms with Crippen molar-refractivity contribution in [2.45, 2.75) is 18.5 Å². The Balaban J connectivity index is 2.19. The van der Waals surface area contributed by atoms with Crippen LogP contribution in [0, 0.1) is 0 Å². The smallest absolute Gasteiger partial charge is 0.164 e. The van der Waals surface area contributed by atoms with Crippen LogP contribution in [0.15, 0.2) is 24.3 Å². The molecule has 0 saturated carbocycles. The molecule has 1 atom stereocenters. The SMILES string of the molecule is CNCc1ccccc1CN1CCSCC1S(C)(=O)=O. The lowest BCUT2D eigenvalue weighted by Gasteiger charge is -2.34. The average Bonchev–Trinajstić information content (AvgIpc) is 2.41. The number of benzene rings is 1. The quantitative estimate of drug-likeness (QED) is 0.888. The molecule has 1 aliphatic rings. The van der Waals surface area contributed by atoms with Crippen molar-refractivity contribution in [2.24, 2.45) is 0 Å². The lowest BCUT2D eigenvalue weighted by Crippen LogP contribution is -2.46. The molecule has 1 aliphatic heterocycles. The summed E-state index contributed by atoms with van der Waals surface area (Å²) in [5.41, 5.74) is 2.45. The fourth-order valence-electron chi connectivity index (χ4n) is 2.48. The molecule has 2 rings (SSSR count). The van der Waals surface area contributed by atoms with Gasteiger partial charge in [0.15, 0.2) is 9.84 Å². The van der Waals surface area contributed by atoms with E-state index in [1.54, 1.807) is 11.8 Å². The topological polar surface area (TPSA) is 49.4 Å². The van der Waals surface area contributed by atoms with Crippen molar-refractivity contribution in [3.05, 3.63) is 35.4 Å². The zero-order valence-electron chi connectivity index (χ0n) is 12.0. The third-order valence-electron chi connectivity index (χ3n) is 3.54. The molecule has 1 N–H and O–H groups in total. The zero-order chi connectivity index (χ0) is 14.6. The van der Waals surface area contributed by atoms with Gasteiger partial charge in [-0.25, -0.2) is 8.42 Å². The zero-order valence-corrected chi connectivity index (χ0v) is 13.6. The molecule has 20 heavy (non-hydrogen) atoms. The van der Waals surface area contributed by atoms with Gasteiger partial charge in [-0.2, -0.15) is 11.8 Å². The van der Waals surface area contributed by atoms with Crippen molar-refractivity contribution >= 4 is 21.6 Å². The maximum atomic E-state index is 11.9. The summed E-state index contributed by atoms with van der Waals surface area (Å²) in [6.07, 6.45) is 1.34. The molecule has 0 bridgehead atoms. The monoisotopic (exact) mass is 314 g/mol. The van der Waals surface area contributed by atoms with Gasteiger partial charge in [0, 0.05) is 37.4 Å². The van der Waals surface area contributed by atoms with Crippen molar-refractivity contribution in [3.63, 3.8) is 0 Å². The number of rotatable bonds is 5. The molecule has 1 aromatic rings. The summed E-state index contributed by atoms with van der Waals surface area (Å²) in [4.78, 5) is 2.10. The van der Waals surface area contributed by atoms with Crippen LogP contribution in [0.3, 0.4) is 0 Å². The first-order valence-corrected chi connectivity index (χ1v) is 9.85. The normalized spacial score (nSPS) is 21.0. The number of hydrogen-bond acceptors (Lipinski definition) is 5. The Kier molecular flexibility index (Phi) is 5.49. The summed E-state index contributed by atoms with van der Waals surface area (Å²) >= 11 is 1.73. The number of nitrogens with one attached hydrogen (secondary N) is 1. The first-order valence-electron chi connectivity index (χ1n) is 6.74. The van der Waals surface area contributed by atoms with Crippen LogP contribution >= 0.6 is 11.8 Å². The molecule has 1 heterocycles. The highest BCUT2D eigenvalue weighted by Crippen LogP contribution is 2.23. The third kappa shape index (κ3) is 3.97. The second-order valence-electron chi connectivity index (χ2n) is 5.13. The Morgan fingerprint density at radius 2 is 2.05 bits per heavy atom. The highest BCUT2D eigenvalue weighted by atomic mass is 32.2. The van der Waals surface area contributed by atoms with Gasteiger partial charge >= 0.3 is 0 Å². The molecule has 0 aliphatic carbocycles. The van der Waals surface area contributed by atoms with E-state index in [4.69, 9.17) is 0 Å². The van der Waals surface area contributed by atoms with E-state index in [1.165, 1.54) is 17.4 Å². The van der Waals surface area contributed by atoms with E-state index in [-0.39, 0.29) is 5.37 Å². The van der Waals surface area contributed by atoms with Crippen molar-refractivity contribution in [3.8, 4) is 0 Å². The number of nitrogens with zero attached hydrogens (tertiary/aromatic N) is 1. The van der Waals surface area contributed by atoms with Gasteiger partial charge in [-0.05, 0) is 18.2 Å². The molecular formula is C14H22N2O2S2. The predicted molar refractivity (Wildman–Crippen MR) is 85.6 cm³/mol. The Morgan fingerprint density at radius 3 is 2.70 bits per heavy atom. The summed E-state index contributed by atoms with van der Waals surface area (Å²) in [5, 5.41) is 2.80. The van der Waals surface area contributed by atoms with Gasteiger partial charge in [-0.3, -0.25) is 4.90 Å². The highest BCUT2D eigenvalue weighted by Gasteiger charge is 2.31. The fraction of sp³-hybridized carbons (Fsp3) is 0.571. The molecule has 1 unspecified atom stereocenters. The van der Waals surface area contributed by atoms with Crippen molar-refractivity contribution in [2.75, 3.05) is 31.4 Å². The van der Waals surface area contributed by atoms with Crippen LogP contribution in [0.4, 0.5) is 0 Å². The first-order chi connectivity index (χ1) is 9.52. The summed E-state index contributed by atoms with van der Waals surface area (Å²) in [7, 11) is -1.11. The minimum absolute atomic E-state index is 0.358. The van der Waals surface area contributed by atoms with Crippen LogP contribution in [0.2, 0.25) is 0 Å². The summed E-state index contributed by atoms with van der Waals surface area (Å²) in [6.45, 7) is 2.34. The minimum Gasteiger partial charge on any atom is -0.316 e. The predicted octanol–water partition coefficient (Wildman–Crippen LogP) is 1.33. The van der Waals surface area contributed by atoms with Crippen LogP contribution in [0.5, 0.6) is 0 Å². The maximum Gasteiger partial charge on any atom is 0.164 e.